The lowest BCUT2D eigenvalue weighted by atomic mass is 9.98. The number of nitrogens with zero attached hydrogens (tertiary/aromatic N) is 1. The highest BCUT2D eigenvalue weighted by atomic mass is 32.2. The fourth-order valence-electron chi connectivity index (χ4n) is 4.19. The fourth-order valence-corrected chi connectivity index (χ4v) is 4.82. The van der Waals surface area contributed by atoms with Gasteiger partial charge in [0.1, 0.15) is 11.6 Å². The van der Waals surface area contributed by atoms with E-state index in [4.69, 9.17) is 4.98 Å². The van der Waals surface area contributed by atoms with E-state index in [1.807, 2.05) is 54.6 Å². The summed E-state index contributed by atoms with van der Waals surface area (Å²) in [5.41, 5.74) is 5.59. The molecule has 0 aliphatic heterocycles. The van der Waals surface area contributed by atoms with Crippen LogP contribution in [0.3, 0.4) is 0 Å². The van der Waals surface area contributed by atoms with Gasteiger partial charge >= 0.3 is 0 Å². The van der Waals surface area contributed by atoms with Crippen LogP contribution in [0.25, 0.3) is 27.9 Å². The third-order valence-electron chi connectivity index (χ3n) is 5.93. The Labute approximate surface area is 181 Å². The van der Waals surface area contributed by atoms with Gasteiger partial charge in [-0.25, -0.2) is 13.4 Å². The van der Waals surface area contributed by atoms with Crippen molar-refractivity contribution in [3.8, 4) is 11.1 Å². The molecule has 31 heavy (non-hydrogen) atoms. The quantitative estimate of drug-likeness (QED) is 0.413. The molecule has 0 spiro atoms. The number of aromatic amines is 1. The van der Waals surface area contributed by atoms with Crippen molar-refractivity contribution in [3.63, 3.8) is 0 Å². The molecule has 0 radical (unpaired) electrons. The van der Waals surface area contributed by atoms with Crippen molar-refractivity contribution in [1.29, 1.82) is 0 Å². The van der Waals surface area contributed by atoms with E-state index in [-0.39, 0.29) is 5.76 Å². The van der Waals surface area contributed by atoms with Crippen LogP contribution in [0.4, 0.5) is 0 Å². The molecule has 1 saturated carbocycles. The maximum absolute atomic E-state index is 11.7. The maximum Gasteiger partial charge on any atom is 0.175 e. The van der Waals surface area contributed by atoms with Crippen molar-refractivity contribution < 1.29 is 13.5 Å². The number of benzene rings is 3. The zero-order valence-electron chi connectivity index (χ0n) is 17.0. The van der Waals surface area contributed by atoms with Crippen LogP contribution in [0.5, 0.6) is 0 Å². The molecule has 3 aromatic carbocycles. The molecular formula is C25H22N2O3S. The average molecular weight is 431 g/mol. The number of H-pyrrole nitrogens is 1. The van der Waals surface area contributed by atoms with Crippen LogP contribution in [-0.4, -0.2) is 29.7 Å². The number of aromatic nitrogens is 2. The van der Waals surface area contributed by atoms with Crippen LogP contribution in [0.15, 0.2) is 78.2 Å². The zero-order valence-corrected chi connectivity index (χ0v) is 17.9. The van der Waals surface area contributed by atoms with Crippen LogP contribution < -0.4 is 0 Å². The normalized spacial score (nSPS) is 18.2. The number of hydrogen-bond acceptors (Lipinski definition) is 4. The molecule has 1 aliphatic rings. The highest BCUT2D eigenvalue weighted by Crippen LogP contribution is 2.54. The summed E-state index contributed by atoms with van der Waals surface area (Å²) < 4.78 is 23.3. The molecule has 2 N–H and O–H groups in total. The Kier molecular flexibility index (Phi) is 4.48. The zero-order chi connectivity index (χ0) is 21.8. The Morgan fingerprint density at radius 2 is 1.81 bits per heavy atom. The Morgan fingerprint density at radius 3 is 2.52 bits per heavy atom. The van der Waals surface area contributed by atoms with Crippen LogP contribution in [0, 0.1) is 0 Å². The molecule has 2 unspecified atom stereocenters. The van der Waals surface area contributed by atoms with E-state index in [0.29, 0.717) is 22.3 Å². The van der Waals surface area contributed by atoms with Gasteiger partial charge in [-0.15, -0.1) is 0 Å². The SMILES string of the molecule is C=C(O)c1ccccc1-c1ccc2nc(C3CC3c3ccc(S(C)(=O)=O)cc3)[nH]c2c1. The molecular weight excluding hydrogens is 408 g/mol. The van der Waals surface area contributed by atoms with Crippen molar-refractivity contribution in [3.05, 3.63) is 90.3 Å². The first-order valence-electron chi connectivity index (χ1n) is 10.1. The summed E-state index contributed by atoms with van der Waals surface area (Å²) in [7, 11) is -3.18. The molecule has 5 rings (SSSR count). The number of fused-ring (bicyclic) bond motifs is 1. The minimum atomic E-state index is -3.18. The van der Waals surface area contributed by atoms with Crippen molar-refractivity contribution in [1.82, 2.24) is 9.97 Å². The largest absolute Gasteiger partial charge is 0.508 e. The first-order valence-corrected chi connectivity index (χ1v) is 12.0. The van der Waals surface area contributed by atoms with Crippen LogP contribution in [-0.2, 0) is 9.84 Å². The third kappa shape index (κ3) is 3.64. The number of imidazole rings is 1. The second-order valence-corrected chi connectivity index (χ2v) is 10.2. The van der Waals surface area contributed by atoms with Crippen molar-refractivity contribution in [2.75, 3.05) is 6.26 Å². The first kappa shape index (κ1) is 19.6. The molecule has 5 nitrogen and oxygen atoms in total. The van der Waals surface area contributed by atoms with Crippen LogP contribution in [0.2, 0.25) is 0 Å². The molecule has 1 aliphatic carbocycles. The van der Waals surface area contributed by atoms with Gasteiger partial charge in [-0.05, 0) is 53.3 Å². The summed E-state index contributed by atoms with van der Waals surface area (Å²) in [6.07, 6.45) is 2.21. The standard InChI is InChI=1S/C25H22N2O3S/c1-15(28)19-5-3-4-6-20(19)17-9-12-23-24(13-17)27-25(26-23)22-14-21(22)16-7-10-18(11-8-16)31(2,29)30/h3-13,21-22,28H,1,14H2,2H3,(H,26,27). The smallest absolute Gasteiger partial charge is 0.175 e. The van der Waals surface area contributed by atoms with E-state index in [0.717, 1.165) is 40.0 Å². The van der Waals surface area contributed by atoms with E-state index in [1.165, 1.54) is 6.26 Å². The topological polar surface area (TPSA) is 83.1 Å². The van der Waals surface area contributed by atoms with Gasteiger partial charge in [0.15, 0.2) is 9.84 Å². The van der Waals surface area contributed by atoms with E-state index in [1.54, 1.807) is 12.1 Å². The van der Waals surface area contributed by atoms with E-state index < -0.39 is 9.84 Å². The Balaban J connectivity index is 1.42. The highest BCUT2D eigenvalue weighted by molar-refractivity contribution is 7.90. The van der Waals surface area contributed by atoms with Crippen LogP contribution in [0.1, 0.15) is 35.2 Å². The molecule has 2 atom stereocenters. The Morgan fingerprint density at radius 1 is 1.06 bits per heavy atom. The molecule has 156 valence electrons. The number of aliphatic hydroxyl groups excluding tert-OH is 1. The molecule has 0 amide bonds. The number of nitrogens with one attached hydrogen (secondary N) is 1. The average Bonchev–Trinajstić information content (AvgIpc) is 3.44. The number of sulfone groups is 1. The summed E-state index contributed by atoms with van der Waals surface area (Å²) in [4.78, 5) is 8.58. The lowest BCUT2D eigenvalue weighted by Crippen LogP contribution is -1.96. The maximum atomic E-state index is 11.7. The fraction of sp³-hybridized carbons (Fsp3) is 0.160. The van der Waals surface area contributed by atoms with Gasteiger partial charge in [0.25, 0.3) is 0 Å². The van der Waals surface area contributed by atoms with E-state index in [2.05, 4.69) is 11.6 Å². The van der Waals surface area contributed by atoms with Gasteiger partial charge in [0, 0.05) is 17.7 Å². The highest BCUT2D eigenvalue weighted by Gasteiger charge is 2.41. The lowest BCUT2D eigenvalue weighted by Gasteiger charge is -2.08. The van der Waals surface area contributed by atoms with E-state index in [9.17, 15) is 13.5 Å². The van der Waals surface area contributed by atoms with Gasteiger partial charge in [-0.2, -0.15) is 0 Å². The van der Waals surface area contributed by atoms with Gasteiger partial charge in [-0.1, -0.05) is 49.0 Å². The predicted molar refractivity (Wildman–Crippen MR) is 123 cm³/mol. The van der Waals surface area contributed by atoms with Gasteiger partial charge in [0.2, 0.25) is 0 Å². The van der Waals surface area contributed by atoms with Crippen molar-refractivity contribution in [2.24, 2.45) is 0 Å². The lowest BCUT2D eigenvalue weighted by molar-refractivity contribution is 0.514. The summed E-state index contributed by atoms with van der Waals surface area (Å²) in [6.45, 7) is 3.67. The summed E-state index contributed by atoms with van der Waals surface area (Å²) in [6, 6.07) is 20.8. The molecule has 0 bridgehead atoms. The summed E-state index contributed by atoms with van der Waals surface area (Å²) in [5, 5.41) is 9.92. The molecule has 1 aromatic heterocycles. The first-order chi connectivity index (χ1) is 14.8. The van der Waals surface area contributed by atoms with Crippen molar-refractivity contribution in [2.45, 2.75) is 23.2 Å². The molecule has 1 fully saturated rings. The molecule has 1 heterocycles. The Bertz CT molecular complexity index is 1420. The third-order valence-corrected chi connectivity index (χ3v) is 7.06. The van der Waals surface area contributed by atoms with Gasteiger partial charge < -0.3 is 10.1 Å². The molecule has 6 heteroatoms. The van der Waals surface area contributed by atoms with Gasteiger partial charge in [0.05, 0.1) is 15.9 Å². The number of hydrogen-bond donors (Lipinski definition) is 2. The minimum absolute atomic E-state index is 0.0451. The van der Waals surface area contributed by atoms with Crippen molar-refractivity contribution >= 4 is 26.6 Å². The monoisotopic (exact) mass is 430 g/mol. The van der Waals surface area contributed by atoms with Crippen LogP contribution >= 0.6 is 0 Å². The van der Waals surface area contributed by atoms with E-state index >= 15 is 0 Å². The number of rotatable bonds is 5. The predicted octanol–water partition coefficient (Wildman–Crippen LogP) is 5.43. The summed E-state index contributed by atoms with van der Waals surface area (Å²) >= 11 is 0. The second kappa shape index (κ2) is 7.10. The second-order valence-electron chi connectivity index (χ2n) is 8.14. The molecule has 4 aromatic rings. The molecule has 0 saturated heterocycles. The van der Waals surface area contributed by atoms with Gasteiger partial charge in [-0.3, -0.25) is 0 Å². The Hall–Kier alpha value is -3.38. The summed E-state index contributed by atoms with van der Waals surface area (Å²) in [5.74, 6) is 1.63. The number of aliphatic hydroxyl groups is 1. The minimum Gasteiger partial charge on any atom is -0.508 e.